The quantitative estimate of drug-likeness (QED) is 0.904. The standard InChI is InChI=1S/C13H18N2O3S/c1-10-6-8-15(9-7-10)19(17,18)12-4-2-11(3-5-12)13(14)16/h2-5,10H,6-9H2,1H3,(H2,14,16). The fourth-order valence-electron chi connectivity index (χ4n) is 2.17. The first-order valence-electron chi connectivity index (χ1n) is 6.31. The van der Waals surface area contributed by atoms with Gasteiger partial charge in [-0.25, -0.2) is 8.42 Å². The molecule has 2 rings (SSSR count). The summed E-state index contributed by atoms with van der Waals surface area (Å²) in [7, 11) is -3.45. The fraction of sp³-hybridized carbons (Fsp3) is 0.462. The molecule has 1 saturated heterocycles. The van der Waals surface area contributed by atoms with E-state index in [2.05, 4.69) is 6.92 Å². The van der Waals surface area contributed by atoms with Gasteiger partial charge in [-0.1, -0.05) is 6.92 Å². The van der Waals surface area contributed by atoms with E-state index in [0.29, 0.717) is 24.6 Å². The second-order valence-corrected chi connectivity index (χ2v) is 6.91. The van der Waals surface area contributed by atoms with E-state index in [-0.39, 0.29) is 4.90 Å². The molecule has 6 heteroatoms. The Hall–Kier alpha value is -1.40. The number of benzene rings is 1. The van der Waals surface area contributed by atoms with Gasteiger partial charge in [0.05, 0.1) is 4.90 Å². The van der Waals surface area contributed by atoms with Gasteiger partial charge in [0.25, 0.3) is 0 Å². The van der Waals surface area contributed by atoms with E-state index in [0.717, 1.165) is 12.8 Å². The smallest absolute Gasteiger partial charge is 0.248 e. The zero-order valence-electron chi connectivity index (χ0n) is 10.9. The van der Waals surface area contributed by atoms with Crippen molar-refractivity contribution >= 4 is 15.9 Å². The van der Waals surface area contributed by atoms with Gasteiger partial charge in [0.2, 0.25) is 15.9 Å². The van der Waals surface area contributed by atoms with Crippen LogP contribution in [0.4, 0.5) is 0 Å². The van der Waals surface area contributed by atoms with Crippen LogP contribution in [-0.2, 0) is 10.0 Å². The Kier molecular flexibility index (Phi) is 3.91. The lowest BCUT2D eigenvalue weighted by molar-refractivity contribution is 0.1000. The summed E-state index contributed by atoms with van der Waals surface area (Å²) in [4.78, 5) is 11.2. The summed E-state index contributed by atoms with van der Waals surface area (Å²) >= 11 is 0. The highest BCUT2D eigenvalue weighted by Gasteiger charge is 2.27. The summed E-state index contributed by atoms with van der Waals surface area (Å²) in [5, 5.41) is 0. The van der Waals surface area contributed by atoms with Crippen molar-refractivity contribution in [3.05, 3.63) is 29.8 Å². The summed E-state index contributed by atoms with van der Waals surface area (Å²) < 4.78 is 26.3. The summed E-state index contributed by atoms with van der Waals surface area (Å²) in [5.41, 5.74) is 5.44. The molecule has 0 spiro atoms. The topological polar surface area (TPSA) is 80.5 Å². The van der Waals surface area contributed by atoms with Crippen molar-refractivity contribution in [2.24, 2.45) is 11.7 Å². The molecule has 0 bridgehead atoms. The zero-order chi connectivity index (χ0) is 14.0. The van der Waals surface area contributed by atoms with Crippen LogP contribution in [-0.4, -0.2) is 31.7 Å². The minimum Gasteiger partial charge on any atom is -0.366 e. The van der Waals surface area contributed by atoms with Crippen LogP contribution in [0.3, 0.4) is 0 Å². The predicted molar refractivity (Wildman–Crippen MR) is 72.1 cm³/mol. The van der Waals surface area contributed by atoms with Gasteiger partial charge >= 0.3 is 0 Å². The third-order valence-corrected chi connectivity index (χ3v) is 5.43. The minimum absolute atomic E-state index is 0.215. The number of sulfonamides is 1. The lowest BCUT2D eigenvalue weighted by Crippen LogP contribution is -2.37. The van der Waals surface area contributed by atoms with Crippen LogP contribution in [0.1, 0.15) is 30.1 Å². The first-order valence-corrected chi connectivity index (χ1v) is 7.75. The lowest BCUT2D eigenvalue weighted by Gasteiger charge is -2.29. The molecule has 2 N–H and O–H groups in total. The van der Waals surface area contributed by atoms with Gasteiger partial charge in [-0.05, 0) is 43.0 Å². The molecule has 1 heterocycles. The number of primary amides is 1. The summed E-state index contributed by atoms with van der Waals surface area (Å²) in [5.74, 6) is 0.0134. The number of piperidine rings is 1. The van der Waals surface area contributed by atoms with E-state index < -0.39 is 15.9 Å². The monoisotopic (exact) mass is 282 g/mol. The highest BCUT2D eigenvalue weighted by atomic mass is 32.2. The Morgan fingerprint density at radius 1 is 1.21 bits per heavy atom. The molecule has 19 heavy (non-hydrogen) atoms. The number of carbonyl (C=O) groups is 1. The third kappa shape index (κ3) is 2.96. The van der Waals surface area contributed by atoms with Crippen LogP contribution in [0.25, 0.3) is 0 Å². The van der Waals surface area contributed by atoms with Crippen molar-refractivity contribution < 1.29 is 13.2 Å². The highest BCUT2D eigenvalue weighted by Crippen LogP contribution is 2.23. The number of rotatable bonds is 3. The molecule has 1 fully saturated rings. The predicted octanol–water partition coefficient (Wildman–Crippen LogP) is 1.21. The Bertz CT molecular complexity index is 558. The average Bonchev–Trinajstić information content (AvgIpc) is 2.39. The van der Waals surface area contributed by atoms with Crippen LogP contribution in [0.15, 0.2) is 29.2 Å². The van der Waals surface area contributed by atoms with Crippen molar-refractivity contribution in [2.45, 2.75) is 24.7 Å². The normalized spacial score (nSPS) is 18.4. The van der Waals surface area contributed by atoms with Gasteiger partial charge in [-0.2, -0.15) is 4.31 Å². The minimum atomic E-state index is -3.45. The molecular formula is C13H18N2O3S. The van der Waals surface area contributed by atoms with Crippen molar-refractivity contribution in [1.29, 1.82) is 0 Å². The fourth-order valence-corrected chi connectivity index (χ4v) is 3.64. The highest BCUT2D eigenvalue weighted by molar-refractivity contribution is 7.89. The van der Waals surface area contributed by atoms with Crippen LogP contribution >= 0.6 is 0 Å². The van der Waals surface area contributed by atoms with E-state index in [1.807, 2.05) is 0 Å². The molecule has 104 valence electrons. The number of amides is 1. The molecule has 0 radical (unpaired) electrons. The first kappa shape index (κ1) is 14.0. The molecule has 5 nitrogen and oxygen atoms in total. The van der Waals surface area contributed by atoms with Crippen molar-refractivity contribution in [1.82, 2.24) is 4.31 Å². The Balaban J connectivity index is 2.22. The molecule has 0 aromatic heterocycles. The molecular weight excluding hydrogens is 264 g/mol. The molecule has 0 atom stereocenters. The largest absolute Gasteiger partial charge is 0.366 e. The van der Waals surface area contributed by atoms with Crippen LogP contribution in [0.5, 0.6) is 0 Å². The third-order valence-electron chi connectivity index (χ3n) is 3.52. The van der Waals surface area contributed by atoms with Gasteiger partial charge in [-0.3, -0.25) is 4.79 Å². The molecule has 0 aliphatic carbocycles. The molecule has 1 aliphatic heterocycles. The van der Waals surface area contributed by atoms with Crippen molar-refractivity contribution in [3.63, 3.8) is 0 Å². The van der Waals surface area contributed by atoms with E-state index in [1.54, 1.807) is 0 Å². The Labute approximate surface area is 113 Å². The first-order chi connectivity index (χ1) is 8.91. The van der Waals surface area contributed by atoms with Gasteiger partial charge in [-0.15, -0.1) is 0 Å². The molecule has 1 amide bonds. The van der Waals surface area contributed by atoms with Gasteiger partial charge < -0.3 is 5.73 Å². The van der Waals surface area contributed by atoms with Gasteiger partial charge in [0.1, 0.15) is 0 Å². The summed E-state index contributed by atoms with van der Waals surface area (Å²) in [6.07, 6.45) is 1.77. The number of nitrogens with two attached hydrogens (primary N) is 1. The SMILES string of the molecule is CC1CCN(S(=O)(=O)c2ccc(C(N)=O)cc2)CC1. The second kappa shape index (κ2) is 5.30. The Morgan fingerprint density at radius 3 is 2.21 bits per heavy atom. The number of carbonyl (C=O) groups excluding carboxylic acids is 1. The number of nitrogens with zero attached hydrogens (tertiary/aromatic N) is 1. The maximum absolute atomic E-state index is 12.4. The van der Waals surface area contributed by atoms with E-state index in [1.165, 1.54) is 28.6 Å². The Morgan fingerprint density at radius 2 is 1.74 bits per heavy atom. The van der Waals surface area contributed by atoms with Crippen LogP contribution in [0.2, 0.25) is 0 Å². The number of hydrogen-bond acceptors (Lipinski definition) is 3. The summed E-state index contributed by atoms with van der Waals surface area (Å²) in [6, 6.07) is 5.77. The van der Waals surface area contributed by atoms with Crippen LogP contribution in [0, 0.1) is 5.92 Å². The van der Waals surface area contributed by atoms with E-state index >= 15 is 0 Å². The zero-order valence-corrected chi connectivity index (χ0v) is 11.7. The van der Waals surface area contributed by atoms with Crippen LogP contribution < -0.4 is 5.73 Å². The van der Waals surface area contributed by atoms with Crippen molar-refractivity contribution in [2.75, 3.05) is 13.1 Å². The molecule has 0 saturated carbocycles. The molecule has 1 aromatic rings. The summed E-state index contributed by atoms with van der Waals surface area (Å²) in [6.45, 7) is 3.24. The second-order valence-electron chi connectivity index (χ2n) is 4.98. The maximum atomic E-state index is 12.4. The van der Waals surface area contributed by atoms with Gasteiger partial charge in [0.15, 0.2) is 0 Å². The van der Waals surface area contributed by atoms with E-state index in [4.69, 9.17) is 5.73 Å². The molecule has 1 aliphatic rings. The molecule has 0 unspecified atom stereocenters. The van der Waals surface area contributed by atoms with Gasteiger partial charge in [0, 0.05) is 18.7 Å². The number of hydrogen-bond donors (Lipinski definition) is 1. The average molecular weight is 282 g/mol. The van der Waals surface area contributed by atoms with E-state index in [9.17, 15) is 13.2 Å². The lowest BCUT2D eigenvalue weighted by atomic mass is 10.0. The molecule has 1 aromatic carbocycles. The maximum Gasteiger partial charge on any atom is 0.248 e. The van der Waals surface area contributed by atoms with Crippen molar-refractivity contribution in [3.8, 4) is 0 Å².